The molecule has 0 bridgehead atoms. The third-order valence-corrected chi connectivity index (χ3v) is 5.71. The van der Waals surface area contributed by atoms with E-state index < -0.39 is 12.2 Å². The highest BCUT2D eigenvalue weighted by atomic mass is 16.3. The van der Waals surface area contributed by atoms with Crippen molar-refractivity contribution in [2.45, 2.75) is 70.0 Å². The summed E-state index contributed by atoms with van der Waals surface area (Å²) in [5.74, 6) is 7.27. The summed E-state index contributed by atoms with van der Waals surface area (Å²) in [5.41, 5.74) is 0. The van der Waals surface area contributed by atoms with Crippen molar-refractivity contribution >= 4 is 5.78 Å². The van der Waals surface area contributed by atoms with Gasteiger partial charge in [-0.15, -0.1) is 0 Å². The maximum atomic E-state index is 11.5. The number of ketones is 1. The zero-order chi connectivity index (χ0) is 14.8. The average molecular weight is 290 g/mol. The summed E-state index contributed by atoms with van der Waals surface area (Å²) >= 11 is 0. The lowest BCUT2D eigenvalue weighted by atomic mass is 9.59. The van der Waals surface area contributed by atoms with Crippen LogP contribution >= 0.6 is 0 Å². The van der Waals surface area contributed by atoms with Gasteiger partial charge in [-0.3, -0.25) is 4.79 Å². The van der Waals surface area contributed by atoms with E-state index in [1.165, 1.54) is 32.1 Å². The zero-order valence-corrected chi connectivity index (χ0v) is 12.6. The molecule has 0 spiro atoms. The highest BCUT2D eigenvalue weighted by molar-refractivity contribution is 5.87. The third-order valence-electron chi connectivity index (χ3n) is 5.71. The molecule has 3 nitrogen and oxygen atoms in total. The minimum absolute atomic E-state index is 0.109. The summed E-state index contributed by atoms with van der Waals surface area (Å²) in [5, 5.41) is 20.2. The molecule has 5 atom stereocenters. The number of fused-ring (bicyclic) bond motifs is 1. The van der Waals surface area contributed by atoms with Crippen LogP contribution < -0.4 is 0 Å². The Morgan fingerprint density at radius 1 is 1.14 bits per heavy atom. The molecule has 0 aromatic carbocycles. The van der Waals surface area contributed by atoms with Gasteiger partial charge in [-0.2, -0.15) is 0 Å². The molecule has 3 aliphatic rings. The van der Waals surface area contributed by atoms with E-state index in [0.29, 0.717) is 24.5 Å². The van der Waals surface area contributed by atoms with Gasteiger partial charge in [-0.1, -0.05) is 43.9 Å². The Bertz CT molecular complexity index is 441. The largest absolute Gasteiger partial charge is 0.392 e. The van der Waals surface area contributed by atoms with Gasteiger partial charge in [0.05, 0.1) is 12.0 Å². The minimum atomic E-state index is -0.573. The molecule has 3 saturated carbocycles. The van der Waals surface area contributed by atoms with E-state index in [1.54, 1.807) is 0 Å². The summed E-state index contributed by atoms with van der Waals surface area (Å²) < 4.78 is 0. The molecular weight excluding hydrogens is 264 g/mol. The van der Waals surface area contributed by atoms with Gasteiger partial charge in [0.1, 0.15) is 11.9 Å². The van der Waals surface area contributed by atoms with Crippen molar-refractivity contribution in [3.8, 4) is 11.8 Å². The van der Waals surface area contributed by atoms with Crippen molar-refractivity contribution in [2.75, 3.05) is 0 Å². The van der Waals surface area contributed by atoms with E-state index in [4.69, 9.17) is 0 Å². The van der Waals surface area contributed by atoms with E-state index in [0.717, 1.165) is 12.8 Å². The second-order valence-electron chi connectivity index (χ2n) is 7.16. The number of aliphatic hydroxyl groups is 2. The molecule has 0 aromatic heterocycles. The molecule has 0 saturated heterocycles. The number of carbonyl (C=O) groups excluding carboxylic acids is 1. The summed E-state index contributed by atoms with van der Waals surface area (Å²) in [6, 6.07) is 0. The highest BCUT2D eigenvalue weighted by Gasteiger charge is 2.48. The van der Waals surface area contributed by atoms with Crippen molar-refractivity contribution in [2.24, 2.45) is 23.7 Å². The van der Waals surface area contributed by atoms with Gasteiger partial charge in [-0.25, -0.2) is 0 Å². The number of Topliss-reactive ketones (excluding diaryl/α,β-unsaturated/α-hetero) is 1. The predicted molar refractivity (Wildman–Crippen MR) is 80.3 cm³/mol. The van der Waals surface area contributed by atoms with Crippen LogP contribution in [0.3, 0.4) is 0 Å². The molecule has 21 heavy (non-hydrogen) atoms. The van der Waals surface area contributed by atoms with Crippen LogP contribution in [0.2, 0.25) is 0 Å². The molecule has 3 fully saturated rings. The molecule has 3 aliphatic carbocycles. The SMILES string of the molecule is O=C1C[C@@H]2[C@@H](C#C[C@@H](O)CC3CCCCC3)[C@H](O)CC[C@H]12. The second-order valence-corrected chi connectivity index (χ2v) is 7.16. The third kappa shape index (κ3) is 3.33. The standard InChI is InChI=1S/C18H26O3/c19-13(10-12-4-2-1-3-5-12)6-7-14-16-11-18(21)15(16)8-9-17(14)20/h12-17,19-20H,1-5,8-11H2/t13-,14-,15+,16-,17-/m1/s1. The number of carbonyl (C=O) groups is 1. The Labute approximate surface area is 127 Å². The fourth-order valence-corrected chi connectivity index (χ4v) is 4.36. The van der Waals surface area contributed by atoms with E-state index in [1.807, 2.05) is 0 Å². The molecule has 116 valence electrons. The molecule has 3 heteroatoms. The lowest BCUT2D eigenvalue weighted by molar-refractivity contribution is -0.141. The molecule has 0 radical (unpaired) electrons. The molecule has 2 N–H and O–H groups in total. The van der Waals surface area contributed by atoms with Crippen molar-refractivity contribution in [3.63, 3.8) is 0 Å². The Hall–Kier alpha value is -0.850. The molecule has 3 rings (SSSR count). The van der Waals surface area contributed by atoms with Gasteiger partial charge < -0.3 is 10.2 Å². The molecule has 0 unspecified atom stereocenters. The van der Waals surface area contributed by atoms with Crippen LogP contribution in [0.15, 0.2) is 0 Å². The topological polar surface area (TPSA) is 57.5 Å². The Morgan fingerprint density at radius 2 is 1.90 bits per heavy atom. The van der Waals surface area contributed by atoms with Gasteiger partial charge in [0.25, 0.3) is 0 Å². The number of aliphatic hydroxyl groups excluding tert-OH is 2. The van der Waals surface area contributed by atoms with Gasteiger partial charge >= 0.3 is 0 Å². The van der Waals surface area contributed by atoms with Crippen LogP contribution in [-0.2, 0) is 4.79 Å². The number of hydrogen-bond donors (Lipinski definition) is 2. The van der Waals surface area contributed by atoms with Crippen molar-refractivity contribution in [1.82, 2.24) is 0 Å². The fraction of sp³-hybridized carbons (Fsp3) is 0.833. The van der Waals surface area contributed by atoms with Gasteiger partial charge in [0.15, 0.2) is 0 Å². The minimum Gasteiger partial charge on any atom is -0.392 e. The van der Waals surface area contributed by atoms with Crippen molar-refractivity contribution in [3.05, 3.63) is 0 Å². The van der Waals surface area contributed by atoms with Crippen LogP contribution in [0.25, 0.3) is 0 Å². The Morgan fingerprint density at radius 3 is 2.62 bits per heavy atom. The van der Waals surface area contributed by atoms with E-state index in [-0.39, 0.29) is 17.8 Å². The lowest BCUT2D eigenvalue weighted by Crippen LogP contribution is -2.49. The number of rotatable bonds is 2. The predicted octanol–water partition coefficient (Wildman–Crippen LogP) is 2.30. The van der Waals surface area contributed by atoms with Gasteiger partial charge in [-0.05, 0) is 31.1 Å². The van der Waals surface area contributed by atoms with Gasteiger partial charge in [0, 0.05) is 12.3 Å². The lowest BCUT2D eigenvalue weighted by Gasteiger charge is -2.44. The average Bonchev–Trinajstić information content (AvgIpc) is 2.46. The first-order valence-corrected chi connectivity index (χ1v) is 8.55. The van der Waals surface area contributed by atoms with Gasteiger partial charge in [0.2, 0.25) is 0 Å². The Balaban J connectivity index is 1.56. The van der Waals surface area contributed by atoms with Crippen LogP contribution in [0.1, 0.15) is 57.8 Å². The maximum absolute atomic E-state index is 11.5. The maximum Gasteiger partial charge on any atom is 0.136 e. The smallest absolute Gasteiger partial charge is 0.136 e. The van der Waals surface area contributed by atoms with Crippen LogP contribution in [0, 0.1) is 35.5 Å². The van der Waals surface area contributed by atoms with Crippen LogP contribution in [0.5, 0.6) is 0 Å². The van der Waals surface area contributed by atoms with Crippen LogP contribution in [0.4, 0.5) is 0 Å². The van der Waals surface area contributed by atoms with Crippen molar-refractivity contribution < 1.29 is 15.0 Å². The van der Waals surface area contributed by atoms with E-state index in [2.05, 4.69) is 11.8 Å². The normalized spacial score (nSPS) is 37.9. The fourth-order valence-electron chi connectivity index (χ4n) is 4.36. The monoisotopic (exact) mass is 290 g/mol. The summed E-state index contributed by atoms with van der Waals surface area (Å²) in [6.45, 7) is 0. The zero-order valence-electron chi connectivity index (χ0n) is 12.6. The molecule has 0 heterocycles. The summed E-state index contributed by atoms with van der Waals surface area (Å²) in [7, 11) is 0. The molecular formula is C18H26O3. The first-order chi connectivity index (χ1) is 10.1. The first-order valence-electron chi connectivity index (χ1n) is 8.55. The molecule has 0 aromatic rings. The molecule has 0 amide bonds. The summed E-state index contributed by atoms with van der Waals surface area (Å²) in [6.07, 6.45) is 8.12. The second kappa shape index (κ2) is 6.50. The van der Waals surface area contributed by atoms with E-state index in [9.17, 15) is 15.0 Å². The number of hydrogen-bond acceptors (Lipinski definition) is 3. The highest BCUT2D eigenvalue weighted by Crippen LogP contribution is 2.45. The van der Waals surface area contributed by atoms with Crippen LogP contribution in [-0.4, -0.2) is 28.2 Å². The van der Waals surface area contributed by atoms with Crippen molar-refractivity contribution in [1.29, 1.82) is 0 Å². The quantitative estimate of drug-likeness (QED) is 0.767. The van der Waals surface area contributed by atoms with E-state index >= 15 is 0 Å². The first kappa shape index (κ1) is 15.1. The molecule has 0 aliphatic heterocycles. The Kier molecular flexibility index (Phi) is 4.66. The summed E-state index contributed by atoms with van der Waals surface area (Å²) in [4.78, 5) is 11.5.